The molecule has 0 aliphatic carbocycles. The molecular formula is C30H27F6N3O6. The maximum Gasteiger partial charge on any atom is 0.430 e. The fraction of sp³-hybridized carbons (Fsp3) is 0.367. The van der Waals surface area contributed by atoms with E-state index in [2.05, 4.69) is 10.3 Å². The van der Waals surface area contributed by atoms with Gasteiger partial charge in [0.15, 0.2) is 11.5 Å². The van der Waals surface area contributed by atoms with Crippen molar-refractivity contribution < 1.29 is 55.2 Å². The Morgan fingerprint density at radius 1 is 0.978 bits per heavy atom. The number of pyridine rings is 1. The van der Waals surface area contributed by atoms with Crippen LogP contribution in [0.15, 0.2) is 54.6 Å². The van der Waals surface area contributed by atoms with Gasteiger partial charge in [-0.25, -0.2) is 9.78 Å². The van der Waals surface area contributed by atoms with Gasteiger partial charge in [-0.2, -0.15) is 26.3 Å². The molecule has 3 amide bonds. The number of urea groups is 1. The monoisotopic (exact) mass is 639 g/mol. The molecule has 2 N–H and O–H groups in total. The van der Waals surface area contributed by atoms with E-state index in [9.17, 15) is 41.0 Å². The van der Waals surface area contributed by atoms with Gasteiger partial charge in [-0.1, -0.05) is 38.5 Å². The Labute approximate surface area is 252 Å². The van der Waals surface area contributed by atoms with E-state index in [0.717, 1.165) is 11.0 Å². The maximum absolute atomic E-state index is 13.7. The normalized spacial score (nSPS) is 18.4. The first-order chi connectivity index (χ1) is 21.1. The van der Waals surface area contributed by atoms with Crippen molar-refractivity contribution in [3.8, 4) is 23.1 Å². The number of nitrogens with zero attached hydrogens (tertiary/aromatic N) is 2. The van der Waals surface area contributed by atoms with Gasteiger partial charge >= 0.3 is 18.4 Å². The lowest BCUT2D eigenvalue weighted by Crippen LogP contribution is -2.53. The lowest BCUT2D eigenvalue weighted by atomic mass is 9.87. The molecule has 0 saturated carbocycles. The Kier molecular flexibility index (Phi) is 8.10. The zero-order chi connectivity index (χ0) is 32.8. The average molecular weight is 640 g/mol. The Morgan fingerprint density at radius 3 is 2.36 bits per heavy atom. The molecule has 0 radical (unpaired) electrons. The molecule has 1 atom stereocenters. The number of benzene rings is 2. The molecule has 2 aromatic carbocycles. The molecule has 3 aromatic rings. The molecule has 2 aliphatic heterocycles. The Hall–Kier alpha value is -4.53. The van der Waals surface area contributed by atoms with Crippen LogP contribution in [0.2, 0.25) is 0 Å². The van der Waals surface area contributed by atoms with Crippen LogP contribution in [-0.2, 0) is 28.9 Å². The molecule has 240 valence electrons. The van der Waals surface area contributed by atoms with Crippen molar-refractivity contribution in [1.29, 1.82) is 0 Å². The molecule has 1 fully saturated rings. The lowest BCUT2D eigenvalue weighted by Gasteiger charge is -2.33. The molecule has 2 aliphatic rings. The van der Waals surface area contributed by atoms with Gasteiger partial charge in [0.25, 0.3) is 11.5 Å². The Balaban J connectivity index is 1.39. The summed E-state index contributed by atoms with van der Waals surface area (Å²) in [6, 6.07) is 10.7. The van der Waals surface area contributed by atoms with E-state index in [1.165, 1.54) is 18.2 Å². The number of hydrogen-bond acceptors (Lipinski definition) is 7. The van der Waals surface area contributed by atoms with Gasteiger partial charge in [-0.05, 0) is 54.3 Å². The fourth-order valence-corrected chi connectivity index (χ4v) is 5.31. The second kappa shape index (κ2) is 11.4. The molecule has 0 spiro atoms. The summed E-state index contributed by atoms with van der Waals surface area (Å²) in [5.74, 6) is 0.227. The number of fused-ring (bicyclic) bond motifs is 1. The van der Waals surface area contributed by atoms with Crippen LogP contribution in [0.4, 0.5) is 31.1 Å². The van der Waals surface area contributed by atoms with Crippen molar-refractivity contribution in [2.45, 2.75) is 63.1 Å². The van der Waals surface area contributed by atoms with E-state index < -0.39 is 41.0 Å². The number of halogens is 6. The van der Waals surface area contributed by atoms with Crippen LogP contribution < -0.4 is 19.5 Å². The Bertz CT molecular complexity index is 1610. The van der Waals surface area contributed by atoms with Crippen LogP contribution in [-0.4, -0.2) is 46.1 Å². The van der Waals surface area contributed by atoms with E-state index in [1.54, 1.807) is 32.0 Å². The third-order valence-corrected chi connectivity index (χ3v) is 7.71. The molecule has 1 saturated heterocycles. The number of ether oxygens (including phenoxy) is 3. The maximum atomic E-state index is 13.7. The predicted molar refractivity (Wildman–Crippen MR) is 144 cm³/mol. The smallest absolute Gasteiger partial charge is 0.430 e. The van der Waals surface area contributed by atoms with Crippen LogP contribution >= 0.6 is 0 Å². The number of carbonyl (C=O) groups is 2. The molecule has 15 heteroatoms. The van der Waals surface area contributed by atoms with Crippen molar-refractivity contribution in [3.05, 3.63) is 77.0 Å². The summed E-state index contributed by atoms with van der Waals surface area (Å²) in [6.07, 6.45) is -11.5. The third-order valence-electron chi connectivity index (χ3n) is 7.71. The summed E-state index contributed by atoms with van der Waals surface area (Å²) >= 11 is 0. The van der Waals surface area contributed by atoms with Crippen molar-refractivity contribution in [2.24, 2.45) is 0 Å². The van der Waals surface area contributed by atoms with Gasteiger partial charge < -0.3 is 24.6 Å². The second-order valence-corrected chi connectivity index (χ2v) is 10.5. The first-order valence-corrected chi connectivity index (χ1v) is 13.8. The van der Waals surface area contributed by atoms with Crippen molar-refractivity contribution >= 4 is 11.9 Å². The minimum atomic E-state index is -6.04. The largest absolute Gasteiger partial charge is 0.454 e. The van der Waals surface area contributed by atoms with Crippen LogP contribution in [0.5, 0.6) is 23.1 Å². The molecular weight excluding hydrogens is 612 g/mol. The first kappa shape index (κ1) is 31.9. The predicted octanol–water partition coefficient (Wildman–Crippen LogP) is 6.22. The molecule has 0 bridgehead atoms. The number of amides is 3. The number of hydrogen-bond donors (Lipinski definition) is 2. The van der Waals surface area contributed by atoms with E-state index in [0.29, 0.717) is 35.6 Å². The lowest BCUT2D eigenvalue weighted by molar-refractivity contribution is -0.376. The molecule has 5 rings (SSSR count). The number of nitrogens with one attached hydrogen (secondary N) is 1. The number of carbonyl (C=O) groups excluding carboxylic acids is 2. The number of imide groups is 1. The minimum Gasteiger partial charge on any atom is -0.454 e. The molecule has 1 unspecified atom stereocenters. The molecule has 9 nitrogen and oxygen atoms in total. The van der Waals surface area contributed by atoms with Crippen LogP contribution in [0, 0.1) is 0 Å². The summed E-state index contributed by atoms with van der Waals surface area (Å²) in [7, 11) is 0. The first-order valence-electron chi connectivity index (χ1n) is 13.8. The Morgan fingerprint density at radius 2 is 1.69 bits per heavy atom. The van der Waals surface area contributed by atoms with Gasteiger partial charge in [0.2, 0.25) is 12.7 Å². The van der Waals surface area contributed by atoms with Crippen molar-refractivity contribution in [2.75, 3.05) is 6.79 Å². The van der Waals surface area contributed by atoms with E-state index in [-0.39, 0.29) is 49.1 Å². The standard InChI is InChI=1S/C30H27F6N3O6/c1-3-6-17-13-19(28(42,29(31,32)33)30(34,35)36)10-11-21(17)45-24-8-5-7-20(37-24)15-39-25(40)27(4-2,38-26(39)41)18-9-12-22-23(14-18)44-16-43-22/h5,7-14,42H,3-4,6,15-16H2,1-2H3,(H,38,41). The van der Waals surface area contributed by atoms with Crippen molar-refractivity contribution in [1.82, 2.24) is 15.2 Å². The highest BCUT2D eigenvalue weighted by molar-refractivity contribution is 6.07. The fourth-order valence-electron chi connectivity index (χ4n) is 5.31. The molecule has 45 heavy (non-hydrogen) atoms. The topological polar surface area (TPSA) is 110 Å². The SMILES string of the molecule is CCCc1cc(C(O)(C(F)(F)F)C(F)(F)F)ccc1Oc1cccc(CN2C(=O)NC(CC)(c3ccc4c(c3)OCO4)C2=O)n1. The van der Waals surface area contributed by atoms with E-state index >= 15 is 0 Å². The number of aryl methyl sites for hydroxylation is 1. The highest BCUT2D eigenvalue weighted by Gasteiger charge is 2.71. The zero-order valence-electron chi connectivity index (χ0n) is 23.9. The van der Waals surface area contributed by atoms with Crippen LogP contribution in [0.1, 0.15) is 49.1 Å². The highest BCUT2D eigenvalue weighted by atomic mass is 19.4. The second-order valence-electron chi connectivity index (χ2n) is 10.5. The van der Waals surface area contributed by atoms with Gasteiger partial charge in [-0.15, -0.1) is 0 Å². The van der Waals surface area contributed by atoms with E-state index in [4.69, 9.17) is 14.2 Å². The van der Waals surface area contributed by atoms with Gasteiger partial charge in [0.05, 0.1) is 12.2 Å². The van der Waals surface area contributed by atoms with Crippen molar-refractivity contribution in [3.63, 3.8) is 0 Å². The molecule has 1 aromatic heterocycles. The number of aromatic nitrogens is 1. The van der Waals surface area contributed by atoms with E-state index in [1.807, 2.05) is 0 Å². The van der Waals surface area contributed by atoms with Gasteiger partial charge in [-0.3, -0.25) is 9.69 Å². The molecule has 3 heterocycles. The average Bonchev–Trinajstić information content (AvgIpc) is 3.55. The minimum absolute atomic E-state index is 0.0239. The summed E-state index contributed by atoms with van der Waals surface area (Å²) in [4.78, 5) is 31.9. The summed E-state index contributed by atoms with van der Waals surface area (Å²) in [5.41, 5.74) is -7.19. The summed E-state index contributed by atoms with van der Waals surface area (Å²) < 4.78 is 97.2. The number of aliphatic hydroxyl groups is 1. The van der Waals surface area contributed by atoms with Crippen LogP contribution in [0.3, 0.4) is 0 Å². The highest BCUT2D eigenvalue weighted by Crippen LogP contribution is 2.50. The number of rotatable bonds is 9. The summed E-state index contributed by atoms with van der Waals surface area (Å²) in [6.45, 7) is 3.16. The quantitative estimate of drug-likeness (QED) is 0.211. The van der Waals surface area contributed by atoms with Gasteiger partial charge in [0, 0.05) is 11.6 Å². The zero-order valence-corrected chi connectivity index (χ0v) is 23.9. The number of alkyl halides is 6. The summed E-state index contributed by atoms with van der Waals surface area (Å²) in [5, 5.41) is 12.6. The van der Waals surface area contributed by atoms with Crippen LogP contribution in [0.25, 0.3) is 0 Å². The van der Waals surface area contributed by atoms with Gasteiger partial charge in [0.1, 0.15) is 11.3 Å². The third kappa shape index (κ3) is 5.49.